The standard InChI is InChI=1S/C20H22N3/c1-12-7-19(22(5)10-14(12)3)17-9-18-16(6-13(17)2)8-20-21-15(4)11-23(18)20/h6-7,9-11H,8H2,1-5H3/q+1. The van der Waals surface area contributed by atoms with Crippen molar-refractivity contribution in [3.8, 4) is 16.9 Å². The molecular formula is C20H22N3+. The molecule has 0 unspecified atom stereocenters. The highest BCUT2D eigenvalue weighted by molar-refractivity contribution is 5.68. The first-order valence-electron chi connectivity index (χ1n) is 8.10. The van der Waals surface area contributed by atoms with E-state index in [1.54, 1.807) is 0 Å². The maximum Gasteiger partial charge on any atom is 0.212 e. The van der Waals surface area contributed by atoms with Gasteiger partial charge in [0.15, 0.2) is 6.20 Å². The molecule has 3 nitrogen and oxygen atoms in total. The Labute approximate surface area is 137 Å². The Kier molecular flexibility index (Phi) is 2.95. The predicted molar refractivity (Wildman–Crippen MR) is 91.9 cm³/mol. The number of nitrogens with zero attached hydrogens (tertiary/aromatic N) is 3. The SMILES string of the molecule is Cc1cn2c(n1)Cc1cc(C)c(-c3cc(C)c(C)c[n+]3C)cc1-2. The zero-order valence-corrected chi connectivity index (χ0v) is 14.4. The van der Waals surface area contributed by atoms with Crippen LogP contribution in [0, 0.1) is 27.7 Å². The molecule has 1 aliphatic rings. The minimum atomic E-state index is 0.934. The Morgan fingerprint density at radius 1 is 1.00 bits per heavy atom. The molecule has 1 aliphatic heterocycles. The number of rotatable bonds is 1. The molecule has 23 heavy (non-hydrogen) atoms. The summed E-state index contributed by atoms with van der Waals surface area (Å²) in [5.41, 5.74) is 10.3. The summed E-state index contributed by atoms with van der Waals surface area (Å²) in [7, 11) is 2.13. The number of aryl methyl sites for hydroxylation is 5. The van der Waals surface area contributed by atoms with Crippen LogP contribution in [0.1, 0.15) is 33.8 Å². The lowest BCUT2D eigenvalue weighted by Crippen LogP contribution is -2.31. The van der Waals surface area contributed by atoms with Crippen LogP contribution in [0.15, 0.2) is 30.6 Å². The van der Waals surface area contributed by atoms with Crippen LogP contribution in [0.25, 0.3) is 16.9 Å². The van der Waals surface area contributed by atoms with Gasteiger partial charge in [-0.15, -0.1) is 0 Å². The Morgan fingerprint density at radius 2 is 1.78 bits per heavy atom. The predicted octanol–water partition coefficient (Wildman–Crippen LogP) is 3.50. The first-order valence-corrected chi connectivity index (χ1v) is 8.10. The van der Waals surface area contributed by atoms with Gasteiger partial charge < -0.3 is 4.57 Å². The Hall–Kier alpha value is -2.42. The molecule has 0 amide bonds. The zero-order valence-electron chi connectivity index (χ0n) is 14.4. The number of hydrogen-bond acceptors (Lipinski definition) is 1. The van der Waals surface area contributed by atoms with Crippen LogP contribution in [0.3, 0.4) is 0 Å². The number of pyridine rings is 1. The Bertz CT molecular complexity index is 948. The van der Waals surface area contributed by atoms with E-state index in [-0.39, 0.29) is 0 Å². The molecule has 2 aromatic heterocycles. The maximum absolute atomic E-state index is 4.64. The van der Waals surface area contributed by atoms with Crippen LogP contribution in [0.5, 0.6) is 0 Å². The molecule has 0 spiro atoms. The van der Waals surface area contributed by atoms with Gasteiger partial charge in [0.1, 0.15) is 12.9 Å². The van der Waals surface area contributed by atoms with Gasteiger partial charge in [-0.05, 0) is 50.5 Å². The summed E-state index contributed by atoms with van der Waals surface area (Å²) < 4.78 is 4.47. The van der Waals surface area contributed by atoms with Crippen molar-refractivity contribution < 1.29 is 4.57 Å². The third-order valence-corrected chi connectivity index (χ3v) is 4.95. The van der Waals surface area contributed by atoms with E-state index < -0.39 is 0 Å². The summed E-state index contributed by atoms with van der Waals surface area (Å²) in [6.45, 7) is 8.61. The number of benzene rings is 1. The van der Waals surface area contributed by atoms with Gasteiger partial charge in [0.25, 0.3) is 0 Å². The highest BCUT2D eigenvalue weighted by atomic mass is 15.1. The molecule has 1 aromatic carbocycles. The average Bonchev–Trinajstić information content (AvgIpc) is 2.98. The molecule has 0 atom stereocenters. The van der Waals surface area contributed by atoms with Crippen LogP contribution in [-0.2, 0) is 13.5 Å². The fraction of sp³-hybridized carbons (Fsp3) is 0.300. The molecule has 3 aromatic rings. The molecule has 4 rings (SSSR count). The van der Waals surface area contributed by atoms with Gasteiger partial charge in [-0.1, -0.05) is 6.07 Å². The van der Waals surface area contributed by atoms with Gasteiger partial charge in [-0.3, -0.25) is 0 Å². The maximum atomic E-state index is 4.64. The lowest BCUT2D eigenvalue weighted by Gasteiger charge is -2.10. The van der Waals surface area contributed by atoms with Gasteiger partial charge in [0.2, 0.25) is 5.69 Å². The van der Waals surface area contributed by atoms with E-state index in [9.17, 15) is 0 Å². The molecule has 0 fully saturated rings. The van der Waals surface area contributed by atoms with Gasteiger partial charge in [0.05, 0.1) is 16.9 Å². The quantitative estimate of drug-likeness (QED) is 0.493. The van der Waals surface area contributed by atoms with E-state index in [4.69, 9.17) is 0 Å². The minimum Gasteiger partial charge on any atom is -0.303 e. The molecule has 3 heteroatoms. The number of hydrogen-bond donors (Lipinski definition) is 0. The van der Waals surface area contributed by atoms with Crippen molar-refractivity contribution in [1.82, 2.24) is 9.55 Å². The summed E-state index contributed by atoms with van der Waals surface area (Å²) in [5.74, 6) is 1.15. The van der Waals surface area contributed by atoms with Crippen molar-refractivity contribution in [3.05, 3.63) is 64.4 Å². The molecule has 0 saturated heterocycles. The van der Waals surface area contributed by atoms with Gasteiger partial charge in [0, 0.05) is 24.2 Å². The monoisotopic (exact) mass is 304 g/mol. The third kappa shape index (κ3) is 2.11. The first-order chi connectivity index (χ1) is 10.9. The summed E-state index contributed by atoms with van der Waals surface area (Å²) in [6, 6.07) is 6.94. The van der Waals surface area contributed by atoms with E-state index >= 15 is 0 Å². The molecule has 0 bridgehead atoms. The Morgan fingerprint density at radius 3 is 2.57 bits per heavy atom. The number of fused-ring (bicyclic) bond motifs is 3. The summed E-state index contributed by atoms with van der Waals surface area (Å²) >= 11 is 0. The second-order valence-corrected chi connectivity index (χ2v) is 6.78. The van der Waals surface area contributed by atoms with Crippen molar-refractivity contribution >= 4 is 0 Å². The summed E-state index contributed by atoms with van der Waals surface area (Å²) in [4.78, 5) is 4.64. The van der Waals surface area contributed by atoms with Gasteiger partial charge in [-0.2, -0.15) is 0 Å². The van der Waals surface area contributed by atoms with Crippen molar-refractivity contribution in [2.24, 2.45) is 7.05 Å². The summed E-state index contributed by atoms with van der Waals surface area (Å²) in [5, 5.41) is 0. The third-order valence-electron chi connectivity index (χ3n) is 4.95. The largest absolute Gasteiger partial charge is 0.303 e. The van der Waals surface area contributed by atoms with Crippen LogP contribution >= 0.6 is 0 Å². The molecule has 0 aliphatic carbocycles. The fourth-order valence-corrected chi connectivity index (χ4v) is 3.60. The van der Waals surface area contributed by atoms with Crippen molar-refractivity contribution in [3.63, 3.8) is 0 Å². The lowest BCUT2D eigenvalue weighted by molar-refractivity contribution is -0.660. The minimum absolute atomic E-state index is 0.934. The van der Waals surface area contributed by atoms with Crippen LogP contribution in [0.4, 0.5) is 0 Å². The molecule has 0 radical (unpaired) electrons. The van der Waals surface area contributed by atoms with E-state index in [1.165, 1.54) is 39.2 Å². The second kappa shape index (κ2) is 4.79. The van der Waals surface area contributed by atoms with Crippen molar-refractivity contribution in [2.75, 3.05) is 0 Å². The van der Waals surface area contributed by atoms with Crippen molar-refractivity contribution in [1.29, 1.82) is 0 Å². The molecule has 116 valence electrons. The highest BCUT2D eigenvalue weighted by Crippen LogP contribution is 2.33. The highest BCUT2D eigenvalue weighted by Gasteiger charge is 2.23. The van der Waals surface area contributed by atoms with Gasteiger partial charge >= 0.3 is 0 Å². The van der Waals surface area contributed by atoms with Crippen LogP contribution in [0.2, 0.25) is 0 Å². The van der Waals surface area contributed by atoms with E-state index in [1.807, 2.05) is 0 Å². The first kappa shape index (κ1) is 14.2. The van der Waals surface area contributed by atoms with E-state index in [0.29, 0.717) is 0 Å². The number of imidazole rings is 1. The van der Waals surface area contributed by atoms with Crippen LogP contribution in [-0.4, -0.2) is 9.55 Å². The fourth-order valence-electron chi connectivity index (χ4n) is 3.60. The molecular weight excluding hydrogens is 282 g/mol. The second-order valence-electron chi connectivity index (χ2n) is 6.78. The summed E-state index contributed by atoms with van der Waals surface area (Å²) in [6.07, 6.45) is 5.29. The van der Waals surface area contributed by atoms with Gasteiger partial charge in [-0.25, -0.2) is 9.55 Å². The topological polar surface area (TPSA) is 21.7 Å². The van der Waals surface area contributed by atoms with E-state index in [0.717, 1.165) is 17.9 Å². The lowest BCUT2D eigenvalue weighted by atomic mass is 9.98. The number of aromatic nitrogens is 3. The smallest absolute Gasteiger partial charge is 0.212 e. The normalized spacial score (nSPS) is 12.4. The Balaban J connectivity index is 1.94. The average molecular weight is 304 g/mol. The molecule has 3 heterocycles. The molecule has 0 saturated carbocycles. The molecule has 0 N–H and O–H groups in total. The van der Waals surface area contributed by atoms with E-state index in [2.05, 4.69) is 79.5 Å². The zero-order chi connectivity index (χ0) is 16.3. The van der Waals surface area contributed by atoms with Crippen LogP contribution < -0.4 is 4.57 Å². The van der Waals surface area contributed by atoms with Crippen molar-refractivity contribution in [2.45, 2.75) is 34.1 Å².